The first-order chi connectivity index (χ1) is 20.8. The molecular formula is C31H37N3O9. The number of nitrogens with one attached hydrogen (secondary N) is 3. The molecule has 2 atom stereocenters. The summed E-state index contributed by atoms with van der Waals surface area (Å²) in [6.45, 7) is 2.02. The molecule has 0 saturated heterocycles. The van der Waals surface area contributed by atoms with Crippen LogP contribution in [0.5, 0.6) is 0 Å². The summed E-state index contributed by atoms with van der Waals surface area (Å²) >= 11 is 0. The number of esters is 2. The summed E-state index contributed by atoms with van der Waals surface area (Å²) in [7, 11) is 0. The van der Waals surface area contributed by atoms with Gasteiger partial charge in [-0.2, -0.15) is 0 Å². The van der Waals surface area contributed by atoms with Gasteiger partial charge in [-0.05, 0) is 11.1 Å². The fraction of sp³-hybridized carbons (Fsp3) is 0.387. The third-order valence-corrected chi connectivity index (χ3v) is 5.66. The summed E-state index contributed by atoms with van der Waals surface area (Å²) in [6, 6.07) is 15.1. The Bertz CT molecular complexity index is 1220. The number of benzene rings is 2. The topological polar surface area (TPSA) is 158 Å². The zero-order valence-electron chi connectivity index (χ0n) is 24.0. The minimum Gasteiger partial charge on any atom is -0.461 e. The van der Waals surface area contributed by atoms with Gasteiger partial charge in [0.25, 0.3) is 0 Å². The number of terminal acetylenes is 1. The maximum atomic E-state index is 13.1. The second kappa shape index (κ2) is 20.2. The van der Waals surface area contributed by atoms with E-state index in [-0.39, 0.29) is 46.2 Å². The fourth-order valence-corrected chi connectivity index (χ4v) is 3.58. The van der Waals surface area contributed by atoms with Crippen LogP contribution in [-0.2, 0) is 56.1 Å². The number of hydrogen-bond acceptors (Lipinski definition) is 9. The van der Waals surface area contributed by atoms with Gasteiger partial charge in [0.1, 0.15) is 31.9 Å². The Morgan fingerprint density at radius 3 is 1.74 bits per heavy atom. The number of amides is 3. The normalized spacial score (nSPS) is 11.7. The van der Waals surface area contributed by atoms with E-state index in [0.717, 1.165) is 11.1 Å². The molecule has 0 unspecified atom stereocenters. The molecule has 12 heteroatoms. The standard InChI is InChI=1S/C31H37N3O9/c1-3-15-40-17-18-41-16-14-32-30(38)26(19-28(36)42-21-24-10-6-4-7-11-24)34-31(39)27(33-23(2)35)20-29(37)43-22-25-12-8-5-9-13-25/h1,4-13,26-27H,14-22H2,2H3,(H,32,38)(H,33,35)(H,34,39)/t26-,27+/m1/s1. The van der Waals surface area contributed by atoms with Gasteiger partial charge in [-0.25, -0.2) is 0 Å². The Morgan fingerprint density at radius 2 is 1.23 bits per heavy atom. The van der Waals surface area contributed by atoms with Crippen molar-refractivity contribution in [2.75, 3.05) is 33.0 Å². The van der Waals surface area contributed by atoms with Gasteiger partial charge in [-0.3, -0.25) is 24.0 Å². The molecule has 0 radical (unpaired) electrons. The van der Waals surface area contributed by atoms with Crippen molar-refractivity contribution in [1.82, 2.24) is 16.0 Å². The molecule has 43 heavy (non-hydrogen) atoms. The number of carbonyl (C=O) groups is 5. The largest absolute Gasteiger partial charge is 0.461 e. The number of ether oxygens (including phenoxy) is 4. The van der Waals surface area contributed by atoms with Gasteiger partial charge in [0.15, 0.2) is 0 Å². The maximum Gasteiger partial charge on any atom is 0.308 e. The monoisotopic (exact) mass is 595 g/mol. The predicted molar refractivity (Wildman–Crippen MR) is 155 cm³/mol. The van der Waals surface area contributed by atoms with E-state index in [0.29, 0.717) is 0 Å². The first-order valence-corrected chi connectivity index (χ1v) is 13.6. The molecule has 0 aliphatic carbocycles. The third-order valence-electron chi connectivity index (χ3n) is 5.66. The van der Waals surface area contributed by atoms with E-state index < -0.39 is 54.6 Å². The average Bonchev–Trinajstić information content (AvgIpc) is 3.00. The Kier molecular flexibility index (Phi) is 16.2. The summed E-state index contributed by atoms with van der Waals surface area (Å²) in [5.41, 5.74) is 1.48. The Morgan fingerprint density at radius 1 is 0.721 bits per heavy atom. The lowest BCUT2D eigenvalue weighted by molar-refractivity contribution is -0.149. The molecule has 0 spiro atoms. The van der Waals surface area contributed by atoms with Gasteiger partial charge in [0.05, 0.1) is 32.7 Å². The van der Waals surface area contributed by atoms with E-state index in [9.17, 15) is 24.0 Å². The zero-order chi connectivity index (χ0) is 31.3. The van der Waals surface area contributed by atoms with E-state index in [2.05, 4.69) is 21.9 Å². The molecular weight excluding hydrogens is 558 g/mol. The van der Waals surface area contributed by atoms with Gasteiger partial charge >= 0.3 is 11.9 Å². The predicted octanol–water partition coefficient (Wildman–Crippen LogP) is 1.03. The van der Waals surface area contributed by atoms with Crippen molar-refractivity contribution in [2.24, 2.45) is 0 Å². The fourth-order valence-electron chi connectivity index (χ4n) is 3.58. The van der Waals surface area contributed by atoms with E-state index in [1.54, 1.807) is 48.5 Å². The molecule has 0 saturated carbocycles. The molecule has 0 aliphatic rings. The van der Waals surface area contributed by atoms with Crippen molar-refractivity contribution in [1.29, 1.82) is 0 Å². The van der Waals surface area contributed by atoms with Gasteiger partial charge in [-0.15, -0.1) is 6.42 Å². The second-order valence-corrected chi connectivity index (χ2v) is 9.18. The lowest BCUT2D eigenvalue weighted by atomic mass is 10.1. The van der Waals surface area contributed by atoms with E-state index in [4.69, 9.17) is 25.4 Å². The van der Waals surface area contributed by atoms with Crippen LogP contribution < -0.4 is 16.0 Å². The minimum atomic E-state index is -1.37. The third kappa shape index (κ3) is 15.2. The van der Waals surface area contributed by atoms with Crippen LogP contribution in [0.3, 0.4) is 0 Å². The maximum absolute atomic E-state index is 13.1. The molecule has 2 aromatic rings. The van der Waals surface area contributed by atoms with Gasteiger partial charge in [0.2, 0.25) is 17.7 Å². The second-order valence-electron chi connectivity index (χ2n) is 9.18. The van der Waals surface area contributed by atoms with Crippen LogP contribution in [0.4, 0.5) is 0 Å². The van der Waals surface area contributed by atoms with Gasteiger partial charge in [0, 0.05) is 13.5 Å². The quantitative estimate of drug-likeness (QED) is 0.123. The zero-order valence-corrected chi connectivity index (χ0v) is 24.0. The molecule has 3 amide bonds. The van der Waals surface area contributed by atoms with Crippen LogP contribution in [-0.4, -0.2) is 74.7 Å². The summed E-state index contributed by atoms with van der Waals surface area (Å²) in [6.07, 6.45) is 4.10. The molecule has 230 valence electrons. The van der Waals surface area contributed by atoms with Crippen LogP contribution >= 0.6 is 0 Å². The van der Waals surface area contributed by atoms with Crippen LogP contribution in [0.25, 0.3) is 0 Å². The van der Waals surface area contributed by atoms with Crippen molar-refractivity contribution in [3.63, 3.8) is 0 Å². The van der Waals surface area contributed by atoms with E-state index in [1.807, 2.05) is 12.1 Å². The average molecular weight is 596 g/mol. The highest BCUT2D eigenvalue weighted by Crippen LogP contribution is 2.07. The van der Waals surface area contributed by atoms with Crippen LogP contribution in [0.1, 0.15) is 30.9 Å². The minimum absolute atomic E-state index is 0.0233. The molecule has 12 nitrogen and oxygen atoms in total. The summed E-state index contributed by atoms with van der Waals surface area (Å²) in [5.74, 6) is -1.29. The Balaban J connectivity index is 2.00. The molecule has 0 heterocycles. The van der Waals surface area contributed by atoms with Crippen molar-refractivity contribution in [3.8, 4) is 12.3 Å². The summed E-state index contributed by atoms with van der Waals surface area (Å²) in [4.78, 5) is 63.0. The highest BCUT2D eigenvalue weighted by molar-refractivity contribution is 5.95. The smallest absolute Gasteiger partial charge is 0.308 e. The van der Waals surface area contributed by atoms with Crippen LogP contribution in [0, 0.1) is 12.3 Å². The SMILES string of the molecule is C#CCOCCOCCNC(=O)[C@@H](CC(=O)OCc1ccccc1)NC(=O)[C@H](CC(=O)OCc1ccccc1)NC(C)=O. The molecule has 0 aliphatic heterocycles. The summed E-state index contributed by atoms with van der Waals surface area (Å²) < 4.78 is 21.0. The first kappa shape index (κ1) is 34.5. The van der Waals surface area contributed by atoms with Crippen molar-refractivity contribution < 1.29 is 42.9 Å². The molecule has 0 fully saturated rings. The molecule has 3 N–H and O–H groups in total. The Hall–Kier alpha value is -4.73. The van der Waals surface area contributed by atoms with E-state index in [1.165, 1.54) is 6.92 Å². The van der Waals surface area contributed by atoms with Gasteiger partial charge < -0.3 is 34.9 Å². The Labute approximate surface area is 250 Å². The molecule has 0 bridgehead atoms. The van der Waals surface area contributed by atoms with Crippen LogP contribution in [0.15, 0.2) is 60.7 Å². The van der Waals surface area contributed by atoms with Crippen molar-refractivity contribution >= 4 is 29.7 Å². The number of rotatable bonds is 19. The van der Waals surface area contributed by atoms with Gasteiger partial charge in [-0.1, -0.05) is 66.6 Å². The lowest BCUT2D eigenvalue weighted by Gasteiger charge is -2.22. The van der Waals surface area contributed by atoms with Crippen molar-refractivity contribution in [3.05, 3.63) is 71.8 Å². The highest BCUT2D eigenvalue weighted by atomic mass is 16.5. The van der Waals surface area contributed by atoms with E-state index >= 15 is 0 Å². The molecule has 0 aromatic heterocycles. The number of carbonyl (C=O) groups excluding carboxylic acids is 5. The van der Waals surface area contributed by atoms with Crippen LogP contribution in [0.2, 0.25) is 0 Å². The first-order valence-electron chi connectivity index (χ1n) is 13.6. The lowest BCUT2D eigenvalue weighted by Crippen LogP contribution is -2.55. The van der Waals surface area contributed by atoms with Crippen molar-refractivity contribution in [2.45, 2.75) is 45.1 Å². The molecule has 2 aromatic carbocycles. The number of hydrogen-bond donors (Lipinski definition) is 3. The highest BCUT2D eigenvalue weighted by Gasteiger charge is 2.30. The molecule has 2 rings (SSSR count). The summed E-state index contributed by atoms with van der Waals surface area (Å²) in [5, 5.41) is 7.43.